The summed E-state index contributed by atoms with van der Waals surface area (Å²) in [6, 6.07) is 0. The lowest BCUT2D eigenvalue weighted by Crippen LogP contribution is -2.42. The largest absolute Gasteiger partial charge is 0.385 e. The molecule has 0 aromatic carbocycles. The summed E-state index contributed by atoms with van der Waals surface area (Å²) in [4.78, 5) is 22.7. The number of ether oxygens (including phenoxy) is 1. The SMILES string of the molecule is COCCCNC(=O)CNC(=O)C(C)(C)C. The Labute approximate surface area is 96.9 Å². The minimum absolute atomic E-state index is 0.0308. The first kappa shape index (κ1) is 14.9. The van der Waals surface area contributed by atoms with Gasteiger partial charge in [0.05, 0.1) is 6.54 Å². The molecule has 0 fully saturated rings. The molecule has 0 aromatic rings. The molecule has 0 atom stereocenters. The molecule has 0 saturated carbocycles. The quantitative estimate of drug-likeness (QED) is 0.645. The van der Waals surface area contributed by atoms with E-state index in [4.69, 9.17) is 4.74 Å². The molecule has 0 rings (SSSR count). The molecule has 0 aliphatic carbocycles. The summed E-state index contributed by atoms with van der Waals surface area (Å²) in [5.74, 6) is -0.298. The normalized spacial score (nSPS) is 11.0. The van der Waals surface area contributed by atoms with Crippen LogP contribution in [-0.4, -0.2) is 38.6 Å². The second kappa shape index (κ2) is 7.22. The van der Waals surface area contributed by atoms with Gasteiger partial charge in [0.15, 0.2) is 0 Å². The Kier molecular flexibility index (Phi) is 6.72. The van der Waals surface area contributed by atoms with Crippen LogP contribution in [0.4, 0.5) is 0 Å². The van der Waals surface area contributed by atoms with Gasteiger partial charge in [0.25, 0.3) is 0 Å². The molecule has 0 aliphatic heterocycles. The van der Waals surface area contributed by atoms with Crippen LogP contribution in [0.2, 0.25) is 0 Å². The molecule has 0 radical (unpaired) electrons. The van der Waals surface area contributed by atoms with E-state index in [-0.39, 0.29) is 18.4 Å². The van der Waals surface area contributed by atoms with E-state index in [9.17, 15) is 9.59 Å². The van der Waals surface area contributed by atoms with Gasteiger partial charge < -0.3 is 15.4 Å². The maximum Gasteiger partial charge on any atom is 0.239 e. The van der Waals surface area contributed by atoms with Gasteiger partial charge in [0, 0.05) is 25.7 Å². The molecule has 16 heavy (non-hydrogen) atoms. The zero-order valence-corrected chi connectivity index (χ0v) is 10.6. The van der Waals surface area contributed by atoms with E-state index in [1.165, 1.54) is 0 Å². The lowest BCUT2D eigenvalue weighted by molar-refractivity contribution is -0.131. The summed E-state index contributed by atoms with van der Waals surface area (Å²) in [6.45, 7) is 6.63. The van der Waals surface area contributed by atoms with Crippen molar-refractivity contribution in [3.63, 3.8) is 0 Å². The highest BCUT2D eigenvalue weighted by molar-refractivity contribution is 5.87. The number of amides is 2. The van der Waals surface area contributed by atoms with Crippen LogP contribution in [0.5, 0.6) is 0 Å². The number of nitrogens with one attached hydrogen (secondary N) is 2. The molecule has 0 unspecified atom stereocenters. The maximum absolute atomic E-state index is 11.4. The first-order chi connectivity index (χ1) is 7.38. The van der Waals surface area contributed by atoms with Crippen molar-refractivity contribution in [2.45, 2.75) is 27.2 Å². The van der Waals surface area contributed by atoms with E-state index in [2.05, 4.69) is 10.6 Å². The van der Waals surface area contributed by atoms with E-state index in [0.29, 0.717) is 13.2 Å². The maximum atomic E-state index is 11.4. The van der Waals surface area contributed by atoms with Crippen molar-refractivity contribution in [1.82, 2.24) is 10.6 Å². The van der Waals surface area contributed by atoms with Crippen LogP contribution in [-0.2, 0) is 14.3 Å². The topological polar surface area (TPSA) is 67.4 Å². The Morgan fingerprint density at radius 1 is 1.19 bits per heavy atom. The molecule has 0 heterocycles. The van der Waals surface area contributed by atoms with Crippen molar-refractivity contribution >= 4 is 11.8 Å². The molecule has 0 saturated heterocycles. The van der Waals surface area contributed by atoms with Crippen molar-refractivity contribution < 1.29 is 14.3 Å². The lowest BCUT2D eigenvalue weighted by atomic mass is 9.96. The first-order valence-corrected chi connectivity index (χ1v) is 5.42. The molecule has 2 amide bonds. The van der Waals surface area contributed by atoms with Crippen molar-refractivity contribution in [2.75, 3.05) is 26.8 Å². The highest BCUT2D eigenvalue weighted by Gasteiger charge is 2.21. The van der Waals surface area contributed by atoms with Crippen LogP contribution in [0.3, 0.4) is 0 Å². The molecule has 0 bridgehead atoms. The van der Waals surface area contributed by atoms with Crippen molar-refractivity contribution in [2.24, 2.45) is 5.41 Å². The summed E-state index contributed by atoms with van der Waals surface area (Å²) < 4.78 is 4.85. The van der Waals surface area contributed by atoms with Gasteiger partial charge in [-0.1, -0.05) is 20.8 Å². The van der Waals surface area contributed by atoms with E-state index >= 15 is 0 Å². The summed E-state index contributed by atoms with van der Waals surface area (Å²) in [6.07, 6.45) is 0.773. The fourth-order valence-corrected chi connectivity index (χ4v) is 0.933. The minimum Gasteiger partial charge on any atom is -0.385 e. The zero-order chi connectivity index (χ0) is 12.6. The molecule has 5 heteroatoms. The Hall–Kier alpha value is -1.10. The number of hydrogen-bond donors (Lipinski definition) is 2. The Bertz CT molecular complexity index is 234. The van der Waals surface area contributed by atoms with Crippen LogP contribution in [0.15, 0.2) is 0 Å². The van der Waals surface area contributed by atoms with Crippen molar-refractivity contribution in [3.05, 3.63) is 0 Å². The highest BCUT2D eigenvalue weighted by Crippen LogP contribution is 2.11. The van der Waals surface area contributed by atoms with Crippen LogP contribution in [0, 0.1) is 5.41 Å². The Balaban J connectivity index is 3.62. The van der Waals surface area contributed by atoms with Crippen LogP contribution in [0.25, 0.3) is 0 Å². The second-order valence-corrected chi connectivity index (χ2v) is 4.63. The number of carbonyl (C=O) groups excluding carboxylic acids is 2. The number of rotatable bonds is 6. The third kappa shape index (κ3) is 7.23. The molecule has 2 N–H and O–H groups in total. The number of hydrogen-bond acceptors (Lipinski definition) is 3. The Morgan fingerprint density at radius 2 is 1.81 bits per heavy atom. The number of carbonyl (C=O) groups is 2. The monoisotopic (exact) mass is 230 g/mol. The lowest BCUT2D eigenvalue weighted by Gasteiger charge is -2.17. The zero-order valence-electron chi connectivity index (χ0n) is 10.6. The number of methoxy groups -OCH3 is 1. The predicted octanol–water partition coefficient (Wildman–Crippen LogP) is 0.301. The second-order valence-electron chi connectivity index (χ2n) is 4.63. The molecule has 0 spiro atoms. The first-order valence-electron chi connectivity index (χ1n) is 5.42. The molecular weight excluding hydrogens is 208 g/mol. The van der Waals surface area contributed by atoms with E-state index < -0.39 is 5.41 Å². The van der Waals surface area contributed by atoms with Gasteiger partial charge in [0.2, 0.25) is 11.8 Å². The average molecular weight is 230 g/mol. The van der Waals surface area contributed by atoms with Gasteiger partial charge in [-0.25, -0.2) is 0 Å². The van der Waals surface area contributed by atoms with Gasteiger partial charge in [0.1, 0.15) is 0 Å². The molecule has 94 valence electrons. The third-order valence-electron chi connectivity index (χ3n) is 1.94. The summed E-state index contributed by atoms with van der Waals surface area (Å²) in [5, 5.41) is 5.27. The van der Waals surface area contributed by atoms with Crippen molar-refractivity contribution in [3.8, 4) is 0 Å². The molecule has 0 aromatic heterocycles. The Morgan fingerprint density at radius 3 is 2.31 bits per heavy atom. The van der Waals surface area contributed by atoms with Gasteiger partial charge in [-0.15, -0.1) is 0 Å². The van der Waals surface area contributed by atoms with Crippen LogP contribution >= 0.6 is 0 Å². The molecule has 5 nitrogen and oxygen atoms in total. The van der Waals surface area contributed by atoms with Gasteiger partial charge >= 0.3 is 0 Å². The van der Waals surface area contributed by atoms with Gasteiger partial charge in [-0.05, 0) is 6.42 Å². The molecular formula is C11H22N2O3. The summed E-state index contributed by atoms with van der Waals surface area (Å²) >= 11 is 0. The molecule has 0 aliphatic rings. The summed E-state index contributed by atoms with van der Waals surface area (Å²) in [5.41, 5.74) is -0.462. The smallest absolute Gasteiger partial charge is 0.239 e. The fourth-order valence-electron chi connectivity index (χ4n) is 0.933. The van der Waals surface area contributed by atoms with Gasteiger partial charge in [-0.2, -0.15) is 0 Å². The van der Waals surface area contributed by atoms with Crippen LogP contribution < -0.4 is 10.6 Å². The van der Waals surface area contributed by atoms with E-state index in [1.54, 1.807) is 27.9 Å². The van der Waals surface area contributed by atoms with E-state index in [1.807, 2.05) is 0 Å². The average Bonchev–Trinajstić information content (AvgIpc) is 2.19. The predicted molar refractivity (Wildman–Crippen MR) is 62.0 cm³/mol. The highest BCUT2D eigenvalue weighted by atomic mass is 16.5. The van der Waals surface area contributed by atoms with Gasteiger partial charge in [-0.3, -0.25) is 9.59 Å². The summed E-state index contributed by atoms with van der Waals surface area (Å²) in [7, 11) is 1.62. The van der Waals surface area contributed by atoms with Crippen LogP contribution in [0.1, 0.15) is 27.2 Å². The van der Waals surface area contributed by atoms with Crippen molar-refractivity contribution in [1.29, 1.82) is 0 Å². The fraction of sp³-hybridized carbons (Fsp3) is 0.818. The standard InChI is InChI=1S/C11H22N2O3/c1-11(2,3)10(15)13-8-9(14)12-6-5-7-16-4/h5-8H2,1-4H3,(H,12,14)(H,13,15). The van der Waals surface area contributed by atoms with E-state index in [0.717, 1.165) is 6.42 Å². The minimum atomic E-state index is -0.462. The third-order valence-corrected chi connectivity index (χ3v) is 1.94.